The van der Waals surface area contributed by atoms with Gasteiger partial charge in [-0.1, -0.05) is 49.8 Å². The van der Waals surface area contributed by atoms with Crippen LogP contribution >= 0.6 is 0 Å². The van der Waals surface area contributed by atoms with Gasteiger partial charge in [0.1, 0.15) is 84.1 Å². The molecule has 27 unspecified atom stereocenters. The molecule has 4 aliphatic carbocycles. The van der Waals surface area contributed by atoms with Crippen molar-refractivity contribution < 1.29 is 112 Å². The molecule has 23 heteroatoms. The molecule has 4 heterocycles. The normalized spacial score (nSPS) is 47.3. The minimum absolute atomic E-state index is 0.0286. The molecule has 0 bridgehead atoms. The van der Waals surface area contributed by atoms with E-state index >= 15 is 0 Å². The lowest BCUT2D eigenvalue weighted by molar-refractivity contribution is -0.373. The maximum absolute atomic E-state index is 14.2. The quantitative estimate of drug-likeness (QED) is 0.0669. The van der Waals surface area contributed by atoms with E-state index in [1.807, 2.05) is 19.9 Å². The molecule has 4 aliphatic heterocycles. The lowest BCUT2D eigenvalue weighted by Gasteiger charge is -2.68. The molecule has 3 saturated carbocycles. The zero-order valence-corrected chi connectivity index (χ0v) is 49.3. The summed E-state index contributed by atoms with van der Waals surface area (Å²) in [6.45, 7) is 13.1. The van der Waals surface area contributed by atoms with Gasteiger partial charge in [0.2, 0.25) is 0 Å². The van der Waals surface area contributed by atoms with Gasteiger partial charge in [-0.2, -0.15) is 0 Å². The molecular weight excluding hydrogens is 1090 g/mol. The highest BCUT2D eigenvalue weighted by Gasteiger charge is 2.81. The van der Waals surface area contributed by atoms with E-state index in [9.17, 15) is 50.1 Å². The number of Topliss-reactive ketones (excluding diaryl/α,β-unsaturated/α-hetero) is 1. The molecule has 27 atom stereocenters. The zero-order valence-electron chi connectivity index (χ0n) is 49.3. The maximum atomic E-state index is 14.2. The summed E-state index contributed by atoms with van der Waals surface area (Å²) in [6, 6.07) is 8.37. The number of carbonyl (C=O) groups excluding carboxylic acids is 3. The fraction of sp³-hybridized carbons (Fsp3) is 0.783. The molecule has 1 aromatic rings. The first-order chi connectivity index (χ1) is 39.3. The van der Waals surface area contributed by atoms with Gasteiger partial charge in [0.15, 0.2) is 25.2 Å². The second-order valence-electron chi connectivity index (χ2n) is 24.6. The summed E-state index contributed by atoms with van der Waals surface area (Å²) in [7, 11) is 4.47. The number of ketones is 1. The van der Waals surface area contributed by atoms with Crippen molar-refractivity contribution in [2.24, 2.45) is 22.7 Å². The molecule has 0 spiro atoms. The Bertz CT molecular complexity index is 2500. The first-order valence-corrected chi connectivity index (χ1v) is 29.2. The minimum Gasteiger partial charge on any atom is -0.455 e. The highest BCUT2D eigenvalue weighted by molar-refractivity contribution is 5.90. The number of allylic oxidation sites excluding steroid dienone is 1. The predicted molar refractivity (Wildman–Crippen MR) is 288 cm³/mol. The van der Waals surface area contributed by atoms with Gasteiger partial charge in [-0.05, 0) is 97.6 Å². The van der Waals surface area contributed by atoms with Crippen molar-refractivity contribution in [3.05, 3.63) is 59.2 Å². The van der Waals surface area contributed by atoms with Crippen LogP contribution < -0.4 is 0 Å². The summed E-state index contributed by atoms with van der Waals surface area (Å²) in [5, 5.41) is 79.2. The van der Waals surface area contributed by atoms with Crippen LogP contribution in [0.5, 0.6) is 0 Å². The molecule has 0 amide bonds. The number of aliphatic hydroxyl groups excluding tert-OH is 5. The first-order valence-electron chi connectivity index (χ1n) is 29.2. The number of esters is 2. The van der Waals surface area contributed by atoms with Gasteiger partial charge >= 0.3 is 11.9 Å². The molecule has 7 fully saturated rings. The summed E-state index contributed by atoms with van der Waals surface area (Å²) < 4.78 is 81.1. The van der Waals surface area contributed by atoms with Crippen molar-refractivity contribution >= 4 is 17.7 Å². The van der Waals surface area contributed by atoms with E-state index < -0.39 is 175 Å². The Balaban J connectivity index is 0.860. The lowest BCUT2D eigenvalue weighted by atomic mass is 9.42. The molecule has 83 heavy (non-hydrogen) atoms. The van der Waals surface area contributed by atoms with Gasteiger partial charge in [-0.25, -0.2) is 9.59 Å². The van der Waals surface area contributed by atoms with E-state index in [0.717, 1.165) is 5.57 Å². The van der Waals surface area contributed by atoms with E-state index in [2.05, 4.69) is 0 Å². The minimum atomic E-state index is -1.95. The number of methoxy groups -OCH3 is 3. The summed E-state index contributed by atoms with van der Waals surface area (Å²) in [5.74, 6) is -3.46. The van der Waals surface area contributed by atoms with Gasteiger partial charge in [0, 0.05) is 57.0 Å². The number of rotatable bonds is 17. The average Bonchev–Trinajstić information content (AvgIpc) is 1.70. The molecule has 4 saturated heterocycles. The summed E-state index contributed by atoms with van der Waals surface area (Å²) in [5.41, 5.74) is -4.91. The van der Waals surface area contributed by atoms with Crippen LogP contribution in [-0.2, 0) is 71.2 Å². The second-order valence-corrected chi connectivity index (χ2v) is 24.6. The highest BCUT2D eigenvalue weighted by Crippen LogP contribution is 2.71. The molecule has 0 aromatic heterocycles. The van der Waals surface area contributed by atoms with Crippen LogP contribution in [0.15, 0.2) is 53.6 Å². The first kappa shape index (κ1) is 64.1. The molecular formula is C60H88O23. The SMILES string of the molecule is CC=C(C)C(=O)OC1C2C3(C)CCC(OC4CC(OC)C(OC5CC(OC)C(OC6OC(C)C(OC7OC(CO)C(O)C(O)C7O)C(OC)C6O)C(C)O5)C(C)O4)CC3=CCC2(O)C2(O)CCC(C(C)=O)C2(C)C1OC(=O)c1ccccc1. The summed E-state index contributed by atoms with van der Waals surface area (Å²) in [4.78, 5) is 41.8. The molecule has 466 valence electrons. The Hall–Kier alpha value is -3.41. The molecule has 1 aromatic carbocycles. The topological polar surface area (TPSA) is 313 Å². The largest absolute Gasteiger partial charge is 0.455 e. The van der Waals surface area contributed by atoms with E-state index in [0.29, 0.717) is 31.3 Å². The number of carbonyl (C=O) groups is 3. The molecule has 7 N–H and O–H groups in total. The van der Waals surface area contributed by atoms with Crippen LogP contribution in [0, 0.1) is 22.7 Å². The summed E-state index contributed by atoms with van der Waals surface area (Å²) in [6.07, 6.45) is -16.1. The smallest absolute Gasteiger partial charge is 0.338 e. The number of hydrogen-bond acceptors (Lipinski definition) is 23. The molecule has 0 radical (unpaired) electrons. The fourth-order valence-corrected chi connectivity index (χ4v) is 15.3. The zero-order chi connectivity index (χ0) is 60.2. The van der Waals surface area contributed by atoms with Gasteiger partial charge in [0.25, 0.3) is 0 Å². The number of hydrogen-bond donors (Lipinski definition) is 7. The lowest BCUT2D eigenvalue weighted by Crippen LogP contribution is -2.80. The van der Waals surface area contributed by atoms with Crippen molar-refractivity contribution in [3.63, 3.8) is 0 Å². The van der Waals surface area contributed by atoms with Crippen LogP contribution in [0.2, 0.25) is 0 Å². The highest BCUT2D eigenvalue weighted by atomic mass is 16.8. The van der Waals surface area contributed by atoms with Crippen molar-refractivity contribution in [2.75, 3.05) is 27.9 Å². The van der Waals surface area contributed by atoms with Crippen molar-refractivity contribution in [2.45, 2.75) is 247 Å². The third-order valence-corrected chi connectivity index (χ3v) is 20.1. The second kappa shape index (κ2) is 25.4. The third-order valence-electron chi connectivity index (χ3n) is 20.1. The number of fused-ring (bicyclic) bond motifs is 5. The van der Waals surface area contributed by atoms with Crippen molar-refractivity contribution in [1.29, 1.82) is 0 Å². The molecule has 8 aliphatic rings. The Morgan fingerprint density at radius 2 is 1.29 bits per heavy atom. The van der Waals surface area contributed by atoms with E-state index in [-0.39, 0.29) is 43.1 Å². The predicted octanol–water partition coefficient (Wildman–Crippen LogP) is 2.47. The van der Waals surface area contributed by atoms with Gasteiger partial charge < -0.3 is 97.3 Å². The number of ether oxygens (including phenoxy) is 13. The number of benzene rings is 1. The van der Waals surface area contributed by atoms with Gasteiger partial charge in [0.05, 0.1) is 48.8 Å². The Morgan fingerprint density at radius 3 is 1.89 bits per heavy atom. The Morgan fingerprint density at radius 1 is 0.687 bits per heavy atom. The Kier molecular flexibility index (Phi) is 19.6. The maximum Gasteiger partial charge on any atom is 0.338 e. The Labute approximate surface area is 484 Å². The van der Waals surface area contributed by atoms with E-state index in [1.165, 1.54) is 21.1 Å². The van der Waals surface area contributed by atoms with Crippen LogP contribution in [0.25, 0.3) is 0 Å². The third kappa shape index (κ3) is 11.5. The van der Waals surface area contributed by atoms with Gasteiger partial charge in [-0.3, -0.25) is 4.79 Å². The van der Waals surface area contributed by atoms with Crippen molar-refractivity contribution in [1.82, 2.24) is 0 Å². The molecule has 9 rings (SSSR count). The molecule has 23 nitrogen and oxygen atoms in total. The standard InChI is InChI=1S/C60H88O23/c1-12-28(2)53(67)80-50-51-57(7)21-19-35(24-34(57)18-22-59(51,69)60(70)23-20-36(29(3)62)58(60,8)52(50)83-54(68)33-16-14-13-15-17-33)77-40-25-37(71-9)46(30(4)74-40)79-41-26-38(72-10)47(31(5)75-41)81-56-45(66)49(73-11)48(32(6)76-56)82-55-44(65)43(64)42(63)39(27-61)78-55/h12-18,30-32,35-52,55-56,61,63-66,69-70H,19-27H2,1-11H3. The average molecular weight is 1180 g/mol. The van der Waals surface area contributed by atoms with Gasteiger partial charge in [-0.15, -0.1) is 0 Å². The van der Waals surface area contributed by atoms with Crippen LogP contribution in [0.1, 0.15) is 117 Å². The van der Waals surface area contributed by atoms with Crippen LogP contribution in [0.3, 0.4) is 0 Å². The fourth-order valence-electron chi connectivity index (χ4n) is 15.3. The summed E-state index contributed by atoms with van der Waals surface area (Å²) >= 11 is 0. The monoisotopic (exact) mass is 1180 g/mol. The van der Waals surface area contributed by atoms with Crippen LogP contribution in [0.4, 0.5) is 0 Å². The van der Waals surface area contributed by atoms with Crippen LogP contribution in [-0.4, -0.2) is 222 Å². The van der Waals surface area contributed by atoms with Crippen molar-refractivity contribution in [3.8, 4) is 0 Å². The van der Waals surface area contributed by atoms with E-state index in [4.69, 9.17) is 61.6 Å². The number of aliphatic hydroxyl groups is 7. The van der Waals surface area contributed by atoms with E-state index in [1.54, 1.807) is 78.1 Å².